The summed E-state index contributed by atoms with van der Waals surface area (Å²) < 4.78 is 34.4. The van der Waals surface area contributed by atoms with Crippen molar-refractivity contribution >= 4 is 5.91 Å². The number of unbranched alkanes of at least 4 members (excludes halogenated alkanes) is 26. The molecule has 580 valence electrons. The molecule has 17 atom stereocenters. The molecule has 19 heteroatoms. The third-order valence-electron chi connectivity index (χ3n) is 18.7. The molecule has 1 amide bonds. The third kappa shape index (κ3) is 41.6. The Labute approximate surface area is 608 Å². The highest BCUT2D eigenvalue weighted by Crippen LogP contribution is 2.33. The summed E-state index contributed by atoms with van der Waals surface area (Å²) in [5.74, 6) is -0.325. The van der Waals surface area contributed by atoms with Crippen molar-refractivity contribution in [2.24, 2.45) is 0 Å². The largest absolute Gasteiger partial charge is 0.394 e. The van der Waals surface area contributed by atoms with Gasteiger partial charge in [0.15, 0.2) is 18.9 Å². The monoisotopic (exact) mass is 1430 g/mol. The lowest BCUT2D eigenvalue weighted by Gasteiger charge is -2.48. The first-order valence-corrected chi connectivity index (χ1v) is 39.3. The smallest absolute Gasteiger partial charge is 0.220 e. The van der Waals surface area contributed by atoms with Crippen molar-refractivity contribution in [2.75, 3.05) is 26.4 Å². The fraction of sp³-hybridized carbons (Fsp3) is 0.744. The summed E-state index contributed by atoms with van der Waals surface area (Å²) in [6.07, 6.45) is 59.0. The summed E-state index contributed by atoms with van der Waals surface area (Å²) in [7, 11) is 0. The Morgan fingerprint density at radius 3 is 1.11 bits per heavy atom. The normalized spacial score (nSPS) is 27.0. The van der Waals surface area contributed by atoms with Crippen molar-refractivity contribution in [3.63, 3.8) is 0 Å². The molecule has 3 heterocycles. The molecule has 0 aromatic carbocycles. The average Bonchev–Trinajstić information content (AvgIpc) is 0.782. The summed E-state index contributed by atoms with van der Waals surface area (Å²) >= 11 is 0. The molecule has 0 spiro atoms. The van der Waals surface area contributed by atoms with E-state index in [9.17, 15) is 61.0 Å². The molecule has 0 aliphatic carbocycles. The first-order valence-electron chi connectivity index (χ1n) is 39.3. The molecular weight excluding hydrogens is 1290 g/mol. The zero-order chi connectivity index (χ0) is 73.2. The number of aliphatic hydroxyl groups excluding tert-OH is 11. The zero-order valence-corrected chi connectivity index (χ0v) is 61.8. The Morgan fingerprint density at radius 2 is 0.693 bits per heavy atom. The van der Waals surface area contributed by atoms with Gasteiger partial charge in [-0.2, -0.15) is 0 Å². The summed E-state index contributed by atoms with van der Waals surface area (Å²) in [5, 5.41) is 121. The van der Waals surface area contributed by atoms with Crippen LogP contribution in [0.5, 0.6) is 0 Å². The Hall–Kier alpha value is -3.81. The van der Waals surface area contributed by atoms with E-state index in [1.165, 1.54) is 135 Å². The molecule has 0 aromatic heterocycles. The van der Waals surface area contributed by atoms with E-state index in [2.05, 4.69) is 129 Å². The fourth-order valence-electron chi connectivity index (χ4n) is 12.4. The molecular formula is C82H139NO18. The van der Waals surface area contributed by atoms with E-state index < -0.39 is 131 Å². The van der Waals surface area contributed by atoms with Crippen molar-refractivity contribution in [2.45, 2.75) is 362 Å². The number of allylic oxidation sites excluding steroid dienone is 19. The maximum atomic E-state index is 13.4. The SMILES string of the molecule is CC/C=C\C/C=C\C/C=C\C/C=C\C/C=C\C/C=C\C/C=C\CCCCCC(=O)NC(COC1OC(CO)C(OC2OC(CO)C(OC3OC(CO)C(O)C(O)C3O)C(O)C2O)C(O)C1O)C(O)/C=C/CC/C=C/CC/C=C/CCCCCCCCCCCCCCCCCCCCCCC. The van der Waals surface area contributed by atoms with Crippen LogP contribution in [0, 0.1) is 0 Å². The number of ether oxygens (including phenoxy) is 6. The second-order valence-corrected chi connectivity index (χ2v) is 27.4. The molecule has 3 aliphatic heterocycles. The van der Waals surface area contributed by atoms with Crippen LogP contribution in [0.2, 0.25) is 0 Å². The quantitative estimate of drug-likeness (QED) is 0.0199. The Balaban J connectivity index is 1.43. The van der Waals surface area contributed by atoms with Crippen molar-refractivity contribution < 1.29 is 89.4 Å². The van der Waals surface area contributed by atoms with E-state index >= 15 is 0 Å². The molecule has 101 heavy (non-hydrogen) atoms. The van der Waals surface area contributed by atoms with E-state index in [0.29, 0.717) is 12.8 Å². The van der Waals surface area contributed by atoms with Gasteiger partial charge in [0.1, 0.15) is 73.2 Å². The van der Waals surface area contributed by atoms with Crippen LogP contribution in [0.4, 0.5) is 0 Å². The van der Waals surface area contributed by atoms with Crippen LogP contribution in [0.1, 0.15) is 258 Å². The average molecular weight is 1430 g/mol. The molecule has 17 unspecified atom stereocenters. The predicted molar refractivity (Wildman–Crippen MR) is 401 cm³/mol. The number of carbonyl (C=O) groups is 1. The molecule has 0 radical (unpaired) electrons. The zero-order valence-electron chi connectivity index (χ0n) is 61.8. The van der Waals surface area contributed by atoms with Gasteiger partial charge in [0.2, 0.25) is 5.91 Å². The lowest BCUT2D eigenvalue weighted by molar-refractivity contribution is -0.379. The number of hydrogen-bond acceptors (Lipinski definition) is 18. The molecule has 19 nitrogen and oxygen atoms in total. The van der Waals surface area contributed by atoms with Crippen molar-refractivity contribution in [3.05, 3.63) is 122 Å². The highest BCUT2D eigenvalue weighted by molar-refractivity contribution is 5.76. The Morgan fingerprint density at radius 1 is 0.366 bits per heavy atom. The number of carbonyl (C=O) groups excluding carboxylic acids is 1. The number of hydrogen-bond donors (Lipinski definition) is 12. The summed E-state index contributed by atoms with van der Waals surface area (Å²) in [4.78, 5) is 13.4. The topological polar surface area (TPSA) is 307 Å². The summed E-state index contributed by atoms with van der Waals surface area (Å²) in [6, 6.07) is -1.03. The second kappa shape index (κ2) is 61.4. The van der Waals surface area contributed by atoms with Gasteiger partial charge in [0.05, 0.1) is 38.6 Å². The fourth-order valence-corrected chi connectivity index (χ4v) is 12.4. The predicted octanol–water partition coefficient (Wildman–Crippen LogP) is 12.7. The maximum Gasteiger partial charge on any atom is 0.220 e. The minimum atomic E-state index is -1.99. The van der Waals surface area contributed by atoms with Gasteiger partial charge in [0, 0.05) is 6.42 Å². The van der Waals surface area contributed by atoms with Crippen LogP contribution in [-0.4, -0.2) is 193 Å². The van der Waals surface area contributed by atoms with Gasteiger partial charge >= 0.3 is 0 Å². The lowest BCUT2D eigenvalue weighted by Crippen LogP contribution is -2.66. The first-order chi connectivity index (χ1) is 49.3. The van der Waals surface area contributed by atoms with Gasteiger partial charge in [-0.15, -0.1) is 0 Å². The van der Waals surface area contributed by atoms with Gasteiger partial charge < -0.3 is 89.9 Å². The minimum Gasteiger partial charge on any atom is -0.394 e. The van der Waals surface area contributed by atoms with E-state index in [-0.39, 0.29) is 12.3 Å². The van der Waals surface area contributed by atoms with Crippen molar-refractivity contribution in [1.29, 1.82) is 0 Å². The van der Waals surface area contributed by atoms with Crippen molar-refractivity contribution in [1.82, 2.24) is 5.32 Å². The van der Waals surface area contributed by atoms with E-state index in [1.807, 2.05) is 6.08 Å². The van der Waals surface area contributed by atoms with Gasteiger partial charge in [-0.1, -0.05) is 270 Å². The molecule has 0 saturated carbocycles. The number of aliphatic hydroxyl groups is 11. The summed E-state index contributed by atoms with van der Waals surface area (Å²) in [5.41, 5.74) is 0. The van der Waals surface area contributed by atoms with Gasteiger partial charge in [0.25, 0.3) is 0 Å². The molecule has 3 fully saturated rings. The first kappa shape index (κ1) is 91.4. The lowest BCUT2D eigenvalue weighted by atomic mass is 9.96. The van der Waals surface area contributed by atoms with Crippen LogP contribution in [0.3, 0.4) is 0 Å². The van der Waals surface area contributed by atoms with Crippen molar-refractivity contribution in [3.8, 4) is 0 Å². The minimum absolute atomic E-state index is 0.184. The van der Waals surface area contributed by atoms with Crippen LogP contribution in [0.15, 0.2) is 122 Å². The van der Waals surface area contributed by atoms with E-state index in [0.717, 1.165) is 89.9 Å². The molecule has 3 saturated heterocycles. The highest BCUT2D eigenvalue weighted by atomic mass is 16.8. The third-order valence-corrected chi connectivity index (χ3v) is 18.7. The van der Waals surface area contributed by atoms with E-state index in [4.69, 9.17) is 28.4 Å². The molecule has 0 bridgehead atoms. The second-order valence-electron chi connectivity index (χ2n) is 27.4. The van der Waals surface area contributed by atoms with Gasteiger partial charge in [-0.05, 0) is 103 Å². The van der Waals surface area contributed by atoms with Gasteiger partial charge in [-0.25, -0.2) is 0 Å². The highest BCUT2D eigenvalue weighted by Gasteiger charge is 2.53. The maximum absolute atomic E-state index is 13.4. The standard InChI is InChI=1S/C82H139NO18/c1-3-5-7-9-11-13-15-17-19-21-23-25-27-29-30-31-32-33-34-36-37-39-41-43-45-47-49-51-53-55-57-59-66(87)65(83-70(88)60-58-56-54-52-50-48-46-44-42-40-38-35-28-26-24-22-20-18-16-14-12-10-8-6-4-2)64-96-80-76(94)73(91)78(68(62-85)98-80)101-82-77(95)74(92)79(69(63-86)99-82)100-81-75(93)72(90)71(89)67(61-84)97-81/h6,8,12,14,18,20,24,26,35,38,41-44,48-51,57,59,65-69,71-82,84-87,89-95H,3-5,7,9-11,13,15-17,19,21-23,25,27-34,36-37,39-40,45-47,52-56,58,60-64H2,1-2H3,(H,83,88)/b8-6-,14-12-,20-18-,26-24-,38-35-,43-41+,44-42-,50-48-,51-49+,59-57+. The van der Waals surface area contributed by atoms with Gasteiger partial charge in [-0.3, -0.25) is 4.79 Å². The number of nitrogens with one attached hydrogen (secondary N) is 1. The Kier molecular flexibility index (Phi) is 55.5. The number of rotatable bonds is 60. The van der Waals surface area contributed by atoms with Crippen LogP contribution < -0.4 is 5.32 Å². The molecule has 3 rings (SSSR count). The van der Waals surface area contributed by atoms with E-state index in [1.54, 1.807) is 6.08 Å². The molecule has 3 aliphatic rings. The molecule has 12 N–H and O–H groups in total. The Bertz CT molecular complexity index is 2300. The summed E-state index contributed by atoms with van der Waals surface area (Å²) in [6.45, 7) is 1.58. The van der Waals surface area contributed by atoms with Crippen LogP contribution >= 0.6 is 0 Å². The van der Waals surface area contributed by atoms with Crippen LogP contribution in [-0.2, 0) is 33.2 Å². The van der Waals surface area contributed by atoms with Crippen LogP contribution in [0.25, 0.3) is 0 Å². The number of amides is 1. The molecule has 0 aromatic rings.